The first kappa shape index (κ1) is 18.4. The Bertz CT molecular complexity index is 513. The molecule has 1 saturated heterocycles. The van der Waals surface area contributed by atoms with Crippen molar-refractivity contribution in [1.82, 2.24) is 5.32 Å². The predicted molar refractivity (Wildman–Crippen MR) is 90.6 cm³/mol. The highest BCUT2D eigenvalue weighted by molar-refractivity contribution is 6.22. The van der Waals surface area contributed by atoms with Crippen LogP contribution in [0.3, 0.4) is 0 Å². The van der Waals surface area contributed by atoms with Crippen LogP contribution >= 0.6 is 11.6 Å². The minimum Gasteiger partial charge on any atom is -0.396 e. The number of allylic oxidation sites excluding steroid dienone is 3. The van der Waals surface area contributed by atoms with Crippen molar-refractivity contribution >= 4 is 11.6 Å². The Morgan fingerprint density at radius 2 is 2.17 bits per heavy atom. The van der Waals surface area contributed by atoms with Gasteiger partial charge in [-0.1, -0.05) is 26.0 Å². The number of alkyl halides is 1. The first-order valence-corrected chi connectivity index (χ1v) is 8.89. The summed E-state index contributed by atoms with van der Waals surface area (Å²) >= 11 is 6.02. The molecule has 1 aliphatic heterocycles. The first-order chi connectivity index (χ1) is 11.0. The van der Waals surface area contributed by atoms with Gasteiger partial charge in [-0.25, -0.2) is 4.39 Å². The van der Waals surface area contributed by atoms with Gasteiger partial charge in [0.1, 0.15) is 5.83 Å². The largest absolute Gasteiger partial charge is 0.396 e. The van der Waals surface area contributed by atoms with Crippen LogP contribution in [0.5, 0.6) is 0 Å². The molecule has 5 heteroatoms. The Hall–Kier alpha value is -0.890. The minimum absolute atomic E-state index is 0.0264. The molecule has 1 heterocycles. The number of nitriles is 1. The molecule has 0 bridgehead atoms. The molecule has 3 nitrogen and oxygen atoms in total. The van der Waals surface area contributed by atoms with Crippen molar-refractivity contribution < 1.29 is 9.50 Å². The molecule has 1 aliphatic carbocycles. The third kappa shape index (κ3) is 3.63. The molecule has 4 unspecified atom stereocenters. The highest BCUT2D eigenvalue weighted by Gasteiger charge is 2.42. The van der Waals surface area contributed by atoms with Gasteiger partial charge in [-0.05, 0) is 36.7 Å². The van der Waals surface area contributed by atoms with E-state index in [-0.39, 0.29) is 35.7 Å². The Labute approximate surface area is 143 Å². The average molecular weight is 341 g/mol. The molecule has 0 spiro atoms. The van der Waals surface area contributed by atoms with E-state index in [1.807, 2.05) is 6.08 Å². The number of hydrogen-bond donors (Lipinski definition) is 2. The maximum atomic E-state index is 14.4. The van der Waals surface area contributed by atoms with Gasteiger partial charge >= 0.3 is 0 Å². The number of halogens is 2. The van der Waals surface area contributed by atoms with Crippen LogP contribution in [-0.4, -0.2) is 29.7 Å². The molecule has 23 heavy (non-hydrogen) atoms. The summed E-state index contributed by atoms with van der Waals surface area (Å²) in [4.78, 5) is 0. The Morgan fingerprint density at radius 1 is 1.48 bits per heavy atom. The molecular formula is C18H26ClFN2O. The van der Waals surface area contributed by atoms with Gasteiger partial charge in [0, 0.05) is 25.1 Å². The fraction of sp³-hybridized carbons (Fsp3) is 0.722. The van der Waals surface area contributed by atoms with E-state index in [2.05, 4.69) is 25.2 Å². The average Bonchev–Trinajstić information content (AvgIpc) is 2.97. The molecule has 0 aromatic heterocycles. The van der Waals surface area contributed by atoms with E-state index in [0.29, 0.717) is 18.5 Å². The van der Waals surface area contributed by atoms with E-state index >= 15 is 0 Å². The van der Waals surface area contributed by atoms with Gasteiger partial charge in [0.05, 0.1) is 17.4 Å². The maximum Gasteiger partial charge on any atom is 0.122 e. The Kier molecular flexibility index (Phi) is 6.25. The Balaban J connectivity index is 2.20. The van der Waals surface area contributed by atoms with Gasteiger partial charge < -0.3 is 10.4 Å². The van der Waals surface area contributed by atoms with Gasteiger partial charge in [0.15, 0.2) is 0 Å². The molecule has 4 atom stereocenters. The van der Waals surface area contributed by atoms with Gasteiger partial charge in [0.25, 0.3) is 0 Å². The summed E-state index contributed by atoms with van der Waals surface area (Å²) in [5.41, 5.74) is 0.395. The number of nitrogens with zero attached hydrogens (tertiary/aromatic N) is 1. The normalized spacial score (nSPS) is 31.5. The van der Waals surface area contributed by atoms with Crippen LogP contribution in [0.2, 0.25) is 0 Å². The molecule has 2 rings (SSSR count). The SMILES string of the molecule is CCC(CC)(CO)CC1NCC(C2=C(F)C(Cl)CC=C2)C1C#N. The highest BCUT2D eigenvalue weighted by Crippen LogP contribution is 2.41. The third-order valence-corrected chi connectivity index (χ3v) is 6.06. The van der Waals surface area contributed by atoms with Crippen LogP contribution in [0, 0.1) is 28.6 Å². The summed E-state index contributed by atoms with van der Waals surface area (Å²) in [6.07, 6.45) is 6.62. The molecule has 2 N–H and O–H groups in total. The molecule has 0 saturated carbocycles. The second-order valence-corrected chi connectivity index (χ2v) is 7.28. The minimum atomic E-state index is -0.615. The van der Waals surface area contributed by atoms with Crippen LogP contribution in [0.15, 0.2) is 23.6 Å². The van der Waals surface area contributed by atoms with E-state index in [1.165, 1.54) is 0 Å². The Morgan fingerprint density at radius 3 is 2.74 bits per heavy atom. The van der Waals surface area contributed by atoms with Crippen LogP contribution in [0.1, 0.15) is 39.5 Å². The van der Waals surface area contributed by atoms with Gasteiger partial charge in [0.2, 0.25) is 0 Å². The van der Waals surface area contributed by atoms with Crippen molar-refractivity contribution in [2.24, 2.45) is 17.3 Å². The molecule has 0 radical (unpaired) electrons. The van der Waals surface area contributed by atoms with Crippen molar-refractivity contribution in [3.05, 3.63) is 23.6 Å². The van der Waals surface area contributed by atoms with Gasteiger partial charge in [-0.2, -0.15) is 5.26 Å². The number of hydrogen-bond acceptors (Lipinski definition) is 3. The van der Waals surface area contributed by atoms with Gasteiger partial charge in [-0.3, -0.25) is 0 Å². The topological polar surface area (TPSA) is 56.0 Å². The quantitative estimate of drug-likeness (QED) is 0.725. The number of aliphatic hydroxyl groups excluding tert-OH is 1. The van der Waals surface area contributed by atoms with Crippen LogP contribution in [-0.2, 0) is 0 Å². The second kappa shape index (κ2) is 7.79. The van der Waals surface area contributed by atoms with Crippen molar-refractivity contribution in [2.45, 2.75) is 50.9 Å². The van der Waals surface area contributed by atoms with Crippen LogP contribution in [0.25, 0.3) is 0 Å². The molecule has 0 aromatic carbocycles. The van der Waals surface area contributed by atoms with Gasteiger partial charge in [-0.15, -0.1) is 11.6 Å². The summed E-state index contributed by atoms with van der Waals surface area (Å²) in [5, 5.41) is 22.2. The molecule has 2 aliphatic rings. The zero-order chi connectivity index (χ0) is 17.0. The van der Waals surface area contributed by atoms with E-state index in [1.54, 1.807) is 6.08 Å². The van der Waals surface area contributed by atoms with E-state index < -0.39 is 5.38 Å². The lowest BCUT2D eigenvalue weighted by molar-refractivity contribution is 0.0913. The molecule has 1 fully saturated rings. The number of nitrogens with one attached hydrogen (secondary N) is 1. The third-order valence-electron chi connectivity index (χ3n) is 5.70. The first-order valence-electron chi connectivity index (χ1n) is 8.46. The zero-order valence-electron chi connectivity index (χ0n) is 13.9. The lowest BCUT2D eigenvalue weighted by atomic mass is 9.73. The molecular weight excluding hydrogens is 315 g/mol. The van der Waals surface area contributed by atoms with E-state index in [9.17, 15) is 14.8 Å². The second-order valence-electron chi connectivity index (χ2n) is 6.75. The summed E-state index contributed by atoms with van der Waals surface area (Å²) in [7, 11) is 0. The van der Waals surface area contributed by atoms with Crippen LogP contribution in [0.4, 0.5) is 4.39 Å². The summed E-state index contributed by atoms with van der Waals surface area (Å²) in [5.74, 6) is -0.763. The maximum absolute atomic E-state index is 14.4. The summed E-state index contributed by atoms with van der Waals surface area (Å²) in [6, 6.07) is 2.34. The van der Waals surface area contributed by atoms with E-state index in [4.69, 9.17) is 11.6 Å². The van der Waals surface area contributed by atoms with E-state index in [0.717, 1.165) is 19.3 Å². The lowest BCUT2D eigenvalue weighted by Gasteiger charge is -2.33. The molecule has 0 aromatic rings. The smallest absolute Gasteiger partial charge is 0.122 e. The number of rotatable bonds is 6. The number of aliphatic hydroxyl groups is 1. The zero-order valence-corrected chi connectivity index (χ0v) is 14.6. The fourth-order valence-electron chi connectivity index (χ4n) is 3.77. The summed E-state index contributed by atoms with van der Waals surface area (Å²) < 4.78 is 14.4. The summed E-state index contributed by atoms with van der Waals surface area (Å²) in [6.45, 7) is 4.83. The van der Waals surface area contributed by atoms with Crippen molar-refractivity contribution in [2.75, 3.05) is 13.2 Å². The molecule has 128 valence electrons. The predicted octanol–water partition coefficient (Wildman–Crippen LogP) is 3.69. The highest BCUT2D eigenvalue weighted by atomic mass is 35.5. The standard InChI is InChI=1S/C18H26ClFN2O/c1-3-18(4-2,11-23)8-16-13(9-21)14(10-22-16)12-6-5-7-15(19)17(12)20/h5-6,13-16,22-23H,3-4,7-8,10-11H2,1-2H3. The monoisotopic (exact) mass is 340 g/mol. The van der Waals surface area contributed by atoms with Crippen molar-refractivity contribution in [3.8, 4) is 6.07 Å². The fourth-order valence-corrected chi connectivity index (χ4v) is 4.00. The van der Waals surface area contributed by atoms with Crippen molar-refractivity contribution in [1.29, 1.82) is 5.26 Å². The molecule has 0 amide bonds. The van der Waals surface area contributed by atoms with Crippen LogP contribution < -0.4 is 5.32 Å². The lowest BCUT2D eigenvalue weighted by Crippen LogP contribution is -2.36. The van der Waals surface area contributed by atoms with Crippen molar-refractivity contribution in [3.63, 3.8) is 0 Å².